The summed E-state index contributed by atoms with van der Waals surface area (Å²) in [5.74, 6) is 0.116. The highest BCUT2D eigenvalue weighted by Gasteiger charge is 2.31. The molecule has 6 nitrogen and oxygen atoms in total. The minimum Gasteiger partial charge on any atom is -0.325 e. The zero-order chi connectivity index (χ0) is 20.3. The largest absolute Gasteiger partial charge is 0.325 e. The molecule has 1 N–H and O–H groups in total. The molecule has 0 unspecified atom stereocenters. The normalized spacial score (nSPS) is 18.3. The van der Waals surface area contributed by atoms with E-state index in [-0.39, 0.29) is 5.91 Å². The lowest BCUT2D eigenvalue weighted by molar-refractivity contribution is -0.895. The smallest absolute Gasteiger partial charge is 0.282 e. The van der Waals surface area contributed by atoms with Gasteiger partial charge in [-0.1, -0.05) is 48.5 Å². The van der Waals surface area contributed by atoms with E-state index < -0.39 is 10.0 Å². The Labute approximate surface area is 172 Å². The van der Waals surface area contributed by atoms with Crippen molar-refractivity contribution in [3.8, 4) is 0 Å². The monoisotopic (exact) mass is 412 g/mol. The van der Waals surface area contributed by atoms with Crippen molar-refractivity contribution in [2.24, 2.45) is 0 Å². The number of nitrogens with zero attached hydrogens (tertiary/aromatic N) is 2. The second-order valence-electron chi connectivity index (χ2n) is 7.51. The minimum absolute atomic E-state index is 0.116. The number of fused-ring (bicyclic) bond motifs is 1. The molecule has 152 valence electrons. The van der Waals surface area contributed by atoms with Crippen molar-refractivity contribution in [1.82, 2.24) is 4.31 Å². The summed E-state index contributed by atoms with van der Waals surface area (Å²) in [4.78, 5) is 15.8. The molecule has 0 spiro atoms. The molecule has 2 heterocycles. The van der Waals surface area contributed by atoms with Gasteiger partial charge in [0.15, 0.2) is 6.54 Å². The van der Waals surface area contributed by atoms with E-state index >= 15 is 0 Å². The predicted octanol–water partition coefficient (Wildman–Crippen LogP) is 0.777. The fourth-order valence-corrected chi connectivity index (χ4v) is 5.15. The Morgan fingerprint density at radius 3 is 2.41 bits per heavy atom. The third-order valence-electron chi connectivity index (χ3n) is 5.61. The zero-order valence-corrected chi connectivity index (χ0v) is 17.1. The fourth-order valence-electron chi connectivity index (χ4n) is 3.96. The third-order valence-corrected chi connectivity index (χ3v) is 7.18. The van der Waals surface area contributed by atoms with Crippen molar-refractivity contribution < 1.29 is 18.1 Å². The summed E-state index contributed by atoms with van der Waals surface area (Å²) >= 11 is 0. The van der Waals surface area contributed by atoms with Crippen molar-refractivity contribution in [3.05, 3.63) is 71.1 Å². The standard InChI is InChI=1S/C22H25N3O3S/c26-22(25-12-10-20-8-4-5-9-21(20)25)18-23-13-15-24(16-14-23)29(27,28)17-11-19-6-2-1-3-7-19/h1-9,11,17H,10,12-16,18H2/p+1/b17-11+. The van der Waals surface area contributed by atoms with Crippen LogP contribution in [0.15, 0.2) is 60.0 Å². The Balaban J connectivity index is 1.31. The summed E-state index contributed by atoms with van der Waals surface area (Å²) in [5, 5.41) is 1.28. The van der Waals surface area contributed by atoms with Crippen molar-refractivity contribution in [2.45, 2.75) is 6.42 Å². The molecule has 1 saturated heterocycles. The number of carbonyl (C=O) groups is 1. The van der Waals surface area contributed by atoms with Crippen LogP contribution in [0.1, 0.15) is 11.1 Å². The number of carbonyl (C=O) groups excluding carboxylic acids is 1. The average molecular weight is 413 g/mol. The Kier molecular flexibility index (Phi) is 5.80. The number of quaternary nitrogens is 1. The highest BCUT2D eigenvalue weighted by atomic mass is 32.2. The summed E-state index contributed by atoms with van der Waals surface area (Å²) in [7, 11) is -3.44. The van der Waals surface area contributed by atoms with Crippen LogP contribution in [0.25, 0.3) is 6.08 Å². The van der Waals surface area contributed by atoms with Gasteiger partial charge in [0.2, 0.25) is 10.0 Å². The summed E-state index contributed by atoms with van der Waals surface area (Å²) in [6.45, 7) is 3.28. The maximum Gasteiger partial charge on any atom is 0.282 e. The van der Waals surface area contributed by atoms with Crippen LogP contribution in [0.2, 0.25) is 0 Å². The number of nitrogens with one attached hydrogen (secondary N) is 1. The maximum absolute atomic E-state index is 12.8. The first-order valence-corrected chi connectivity index (χ1v) is 11.5. The van der Waals surface area contributed by atoms with E-state index in [1.807, 2.05) is 53.4 Å². The quantitative estimate of drug-likeness (QED) is 0.790. The van der Waals surface area contributed by atoms with Crippen molar-refractivity contribution >= 4 is 27.7 Å². The van der Waals surface area contributed by atoms with Crippen molar-refractivity contribution in [1.29, 1.82) is 0 Å². The van der Waals surface area contributed by atoms with Gasteiger partial charge in [-0.05, 0) is 29.7 Å². The molecule has 0 aromatic heterocycles. The summed E-state index contributed by atoms with van der Waals surface area (Å²) < 4.78 is 26.7. The van der Waals surface area contributed by atoms with E-state index in [1.165, 1.54) is 15.3 Å². The lowest BCUT2D eigenvalue weighted by Crippen LogP contribution is -3.15. The van der Waals surface area contributed by atoms with E-state index in [9.17, 15) is 13.2 Å². The van der Waals surface area contributed by atoms with Gasteiger partial charge in [0.1, 0.15) is 0 Å². The molecule has 1 fully saturated rings. The molecule has 0 atom stereocenters. The average Bonchev–Trinajstić information content (AvgIpc) is 3.18. The first-order chi connectivity index (χ1) is 14.0. The highest BCUT2D eigenvalue weighted by molar-refractivity contribution is 7.92. The third kappa shape index (κ3) is 4.58. The van der Waals surface area contributed by atoms with Crippen LogP contribution in [-0.4, -0.2) is 57.9 Å². The molecule has 0 bridgehead atoms. The van der Waals surface area contributed by atoms with E-state index in [0.717, 1.165) is 29.1 Å². The molecule has 2 aromatic carbocycles. The number of sulfonamides is 1. The van der Waals surface area contributed by atoms with Gasteiger partial charge in [0.05, 0.1) is 26.2 Å². The van der Waals surface area contributed by atoms with Gasteiger partial charge in [-0.15, -0.1) is 0 Å². The molecular weight excluding hydrogens is 386 g/mol. The van der Waals surface area contributed by atoms with E-state index in [1.54, 1.807) is 6.08 Å². The molecule has 0 aliphatic carbocycles. The molecule has 2 aromatic rings. The molecule has 0 radical (unpaired) electrons. The molecule has 2 aliphatic rings. The van der Waals surface area contributed by atoms with Gasteiger partial charge >= 0.3 is 0 Å². The Morgan fingerprint density at radius 2 is 1.66 bits per heavy atom. The van der Waals surface area contributed by atoms with Crippen LogP contribution in [0.5, 0.6) is 0 Å². The number of hydrogen-bond donors (Lipinski definition) is 1. The SMILES string of the molecule is O=C(C[NH+]1CCN(S(=O)(=O)/C=C/c2ccccc2)CC1)N1CCc2ccccc21. The van der Waals surface area contributed by atoms with Crippen molar-refractivity contribution in [2.75, 3.05) is 44.2 Å². The second kappa shape index (κ2) is 8.49. The molecule has 2 aliphatic heterocycles. The lowest BCUT2D eigenvalue weighted by Gasteiger charge is -2.31. The molecule has 29 heavy (non-hydrogen) atoms. The number of amides is 1. The Hall–Kier alpha value is -2.48. The molecule has 4 rings (SSSR count). The number of anilines is 1. The molecule has 1 amide bonds. The van der Waals surface area contributed by atoms with Crippen LogP contribution in [-0.2, 0) is 21.2 Å². The van der Waals surface area contributed by atoms with Gasteiger partial charge in [0.25, 0.3) is 5.91 Å². The zero-order valence-electron chi connectivity index (χ0n) is 16.3. The van der Waals surface area contributed by atoms with Crippen LogP contribution in [0, 0.1) is 0 Å². The van der Waals surface area contributed by atoms with E-state index in [2.05, 4.69) is 6.07 Å². The predicted molar refractivity (Wildman–Crippen MR) is 114 cm³/mol. The molecule has 7 heteroatoms. The fraction of sp³-hybridized carbons (Fsp3) is 0.318. The van der Waals surface area contributed by atoms with Crippen LogP contribution >= 0.6 is 0 Å². The number of hydrogen-bond acceptors (Lipinski definition) is 3. The van der Waals surface area contributed by atoms with E-state index in [0.29, 0.717) is 32.7 Å². The summed E-state index contributed by atoms with van der Waals surface area (Å²) in [6, 6.07) is 17.4. The van der Waals surface area contributed by atoms with Crippen LogP contribution in [0.3, 0.4) is 0 Å². The molecular formula is C22H26N3O3S+. The van der Waals surface area contributed by atoms with Gasteiger partial charge in [0, 0.05) is 17.6 Å². The lowest BCUT2D eigenvalue weighted by atomic mass is 10.2. The molecule has 0 saturated carbocycles. The van der Waals surface area contributed by atoms with Crippen molar-refractivity contribution in [3.63, 3.8) is 0 Å². The topological polar surface area (TPSA) is 62.1 Å². The van der Waals surface area contributed by atoms with Crippen LogP contribution in [0.4, 0.5) is 5.69 Å². The summed E-state index contributed by atoms with van der Waals surface area (Å²) in [6.07, 6.45) is 2.53. The summed E-state index contributed by atoms with van der Waals surface area (Å²) in [5.41, 5.74) is 3.10. The van der Waals surface area contributed by atoms with Crippen LogP contribution < -0.4 is 9.80 Å². The first kappa shape index (κ1) is 19.8. The Bertz CT molecular complexity index is 997. The number of para-hydroxylation sites is 1. The Morgan fingerprint density at radius 1 is 0.966 bits per heavy atom. The first-order valence-electron chi connectivity index (χ1n) is 9.98. The van der Waals surface area contributed by atoms with Gasteiger partial charge in [-0.2, -0.15) is 4.31 Å². The highest BCUT2D eigenvalue weighted by Crippen LogP contribution is 2.27. The van der Waals surface area contributed by atoms with Gasteiger partial charge < -0.3 is 9.80 Å². The maximum atomic E-state index is 12.8. The minimum atomic E-state index is -3.44. The number of rotatable bonds is 5. The van der Waals surface area contributed by atoms with Gasteiger partial charge in [-0.3, -0.25) is 4.79 Å². The second-order valence-corrected chi connectivity index (χ2v) is 9.33. The number of piperazine rings is 1. The van der Waals surface area contributed by atoms with E-state index in [4.69, 9.17) is 0 Å². The van der Waals surface area contributed by atoms with Gasteiger partial charge in [-0.25, -0.2) is 8.42 Å². The number of benzene rings is 2.